The highest BCUT2D eigenvalue weighted by Gasteiger charge is 2.43. The number of hydrogen-bond donors (Lipinski definition) is 4. The first-order chi connectivity index (χ1) is 11.6. The third-order valence-corrected chi connectivity index (χ3v) is 3.24. The molecule has 1 aromatic heterocycles. The highest BCUT2D eigenvalue weighted by molar-refractivity contribution is 5.70. The van der Waals surface area contributed by atoms with Crippen molar-refractivity contribution in [3.63, 3.8) is 0 Å². The number of rotatable bonds is 5. The van der Waals surface area contributed by atoms with Crippen LogP contribution in [0.25, 0.3) is 0 Å². The second-order valence-corrected chi connectivity index (χ2v) is 5.10. The normalized spacial score (nSPS) is 26.5. The molecule has 0 aromatic carbocycles. The predicted molar refractivity (Wildman–Crippen MR) is 71.9 cm³/mol. The summed E-state index contributed by atoms with van der Waals surface area (Å²) < 4.78 is 41.9. The topological polar surface area (TPSA) is 143 Å². The molecule has 0 bridgehead atoms. The summed E-state index contributed by atoms with van der Waals surface area (Å²) >= 11 is 0. The van der Waals surface area contributed by atoms with E-state index in [0.29, 0.717) is 0 Å². The molecular weight excluding hydrogens is 355 g/mol. The molecule has 1 aromatic rings. The van der Waals surface area contributed by atoms with E-state index in [4.69, 9.17) is 9.84 Å². The fourth-order valence-corrected chi connectivity index (χ4v) is 2.08. The maximum absolute atomic E-state index is 12.0. The lowest BCUT2D eigenvalue weighted by Gasteiger charge is -2.17. The van der Waals surface area contributed by atoms with Gasteiger partial charge in [-0.15, -0.1) is 0 Å². The number of carbonyl (C=O) groups excluding carboxylic acids is 1. The number of aliphatic hydroxyl groups excluding tert-OH is 3. The number of hydrogen-bond acceptors (Lipinski definition) is 9. The van der Waals surface area contributed by atoms with Crippen molar-refractivity contribution in [3.8, 4) is 0 Å². The maximum Gasteiger partial charge on any atom is 0.399 e. The molecule has 1 aliphatic rings. The van der Waals surface area contributed by atoms with Gasteiger partial charge in [-0.05, 0) is 0 Å². The van der Waals surface area contributed by atoms with Gasteiger partial charge in [-0.1, -0.05) is 0 Å². The first-order valence-corrected chi connectivity index (χ1v) is 6.86. The highest BCUT2D eigenvalue weighted by Crippen LogP contribution is 2.28. The molecule has 4 atom stereocenters. The fraction of sp³-hybridized carbons (Fsp3) is 0.583. The quantitative estimate of drug-likeness (QED) is 0.465. The summed E-state index contributed by atoms with van der Waals surface area (Å²) in [6.07, 6.45) is -10.9. The van der Waals surface area contributed by atoms with Crippen LogP contribution < -0.4 is 11.2 Å². The Labute approximate surface area is 137 Å². The monoisotopic (exact) mass is 369 g/mol. The lowest BCUT2D eigenvalue weighted by atomic mass is 10.1. The number of alkyl halides is 3. The number of carbonyl (C=O) groups is 1. The molecule has 0 spiro atoms. The van der Waals surface area contributed by atoms with Gasteiger partial charge in [-0.2, -0.15) is 18.2 Å². The number of nitrogens with one attached hydrogen (secondary N) is 1. The predicted octanol–water partition coefficient (Wildman–Crippen LogP) is -1.32. The van der Waals surface area contributed by atoms with E-state index < -0.39 is 55.4 Å². The zero-order chi connectivity index (χ0) is 18.8. The Morgan fingerprint density at radius 1 is 1.40 bits per heavy atom. The van der Waals surface area contributed by atoms with Gasteiger partial charge >= 0.3 is 17.8 Å². The molecule has 0 radical (unpaired) electrons. The third kappa shape index (κ3) is 4.66. The van der Waals surface area contributed by atoms with E-state index in [1.807, 2.05) is 0 Å². The zero-order valence-electron chi connectivity index (χ0n) is 12.4. The number of halogens is 3. The van der Waals surface area contributed by atoms with Gasteiger partial charge in [0.1, 0.15) is 24.7 Å². The third-order valence-electron chi connectivity index (χ3n) is 3.24. The van der Waals surface area contributed by atoms with Gasteiger partial charge in [0.05, 0.1) is 6.61 Å². The van der Waals surface area contributed by atoms with E-state index in [1.165, 1.54) is 0 Å². The van der Waals surface area contributed by atoms with Crippen molar-refractivity contribution in [1.82, 2.24) is 9.55 Å². The molecule has 4 N–H and O–H groups in total. The summed E-state index contributed by atoms with van der Waals surface area (Å²) in [5.74, 6) is -1.98. The van der Waals surface area contributed by atoms with Crippen molar-refractivity contribution >= 4 is 11.8 Å². The Morgan fingerprint density at radius 2 is 2.08 bits per heavy atom. The number of anilines is 1. The fourth-order valence-electron chi connectivity index (χ4n) is 2.08. The number of nitrogens with zero attached hydrogens (tertiary/aromatic N) is 2. The van der Waals surface area contributed by atoms with Crippen LogP contribution >= 0.6 is 0 Å². The Balaban J connectivity index is 2.04. The number of ether oxygens (including phenoxy) is 1. The Bertz CT molecular complexity index is 681. The Hall–Kier alpha value is -2.22. The van der Waals surface area contributed by atoms with Crippen LogP contribution in [0.1, 0.15) is 12.6 Å². The maximum atomic E-state index is 12.0. The van der Waals surface area contributed by atoms with Crippen LogP contribution in [-0.4, -0.2) is 61.9 Å². The molecule has 25 heavy (non-hydrogen) atoms. The summed E-state index contributed by atoms with van der Waals surface area (Å²) in [6, 6.07) is 1.07. The SMILES string of the molecule is O=C(CC(F)(F)F)ONc1ccn([C@@H]2O[C@H](CO)[C@@H](O)[C@H]2O)c(=O)n1. The first-order valence-electron chi connectivity index (χ1n) is 6.86. The smallest absolute Gasteiger partial charge is 0.394 e. The lowest BCUT2D eigenvalue weighted by molar-refractivity contribution is -0.168. The van der Waals surface area contributed by atoms with Crippen LogP contribution in [0.15, 0.2) is 17.1 Å². The van der Waals surface area contributed by atoms with Gasteiger partial charge in [-0.3, -0.25) is 4.57 Å². The molecule has 1 fully saturated rings. The molecule has 2 rings (SSSR count). The van der Waals surface area contributed by atoms with Crippen LogP contribution in [-0.2, 0) is 14.4 Å². The summed E-state index contributed by atoms with van der Waals surface area (Å²) in [7, 11) is 0. The summed E-state index contributed by atoms with van der Waals surface area (Å²) in [4.78, 5) is 30.3. The van der Waals surface area contributed by atoms with E-state index in [-0.39, 0.29) is 5.82 Å². The molecule has 10 nitrogen and oxygen atoms in total. The average Bonchev–Trinajstić information content (AvgIpc) is 2.79. The van der Waals surface area contributed by atoms with Crippen molar-refractivity contribution in [2.45, 2.75) is 37.1 Å². The molecule has 13 heteroatoms. The van der Waals surface area contributed by atoms with E-state index in [0.717, 1.165) is 16.8 Å². The van der Waals surface area contributed by atoms with E-state index in [2.05, 4.69) is 9.82 Å². The first kappa shape index (κ1) is 19.1. The van der Waals surface area contributed by atoms with Gasteiger partial charge < -0.3 is 24.9 Å². The molecule has 0 aliphatic carbocycles. The van der Waals surface area contributed by atoms with Crippen LogP contribution in [0.5, 0.6) is 0 Å². The minimum atomic E-state index is -4.74. The molecule has 1 saturated heterocycles. The molecule has 1 aliphatic heterocycles. The molecule has 0 amide bonds. The Kier molecular flexibility index (Phi) is 5.62. The van der Waals surface area contributed by atoms with Crippen LogP contribution in [0.3, 0.4) is 0 Å². The minimum absolute atomic E-state index is 0.358. The molecule has 0 unspecified atom stereocenters. The second-order valence-electron chi connectivity index (χ2n) is 5.10. The van der Waals surface area contributed by atoms with E-state index in [9.17, 15) is 33.0 Å². The van der Waals surface area contributed by atoms with Crippen molar-refractivity contribution in [2.24, 2.45) is 0 Å². The van der Waals surface area contributed by atoms with Crippen molar-refractivity contribution in [2.75, 3.05) is 12.1 Å². The van der Waals surface area contributed by atoms with E-state index >= 15 is 0 Å². The molecule has 2 heterocycles. The van der Waals surface area contributed by atoms with Crippen molar-refractivity contribution in [3.05, 3.63) is 22.7 Å². The van der Waals surface area contributed by atoms with Gasteiger partial charge in [0.2, 0.25) is 0 Å². The Morgan fingerprint density at radius 3 is 2.60 bits per heavy atom. The van der Waals surface area contributed by atoms with E-state index in [1.54, 1.807) is 5.48 Å². The summed E-state index contributed by atoms with van der Waals surface area (Å²) in [5, 5.41) is 28.5. The van der Waals surface area contributed by atoms with Crippen molar-refractivity contribution < 1.29 is 42.9 Å². The summed E-state index contributed by atoms with van der Waals surface area (Å²) in [6.45, 7) is -0.592. The minimum Gasteiger partial charge on any atom is -0.394 e. The van der Waals surface area contributed by atoms with Gasteiger partial charge in [0.15, 0.2) is 12.0 Å². The molecular formula is C12H14F3N3O7. The molecule has 140 valence electrons. The van der Waals surface area contributed by atoms with Crippen LogP contribution in [0.2, 0.25) is 0 Å². The van der Waals surface area contributed by atoms with Crippen LogP contribution in [0.4, 0.5) is 19.0 Å². The number of aromatic nitrogens is 2. The van der Waals surface area contributed by atoms with Crippen molar-refractivity contribution in [1.29, 1.82) is 0 Å². The molecule has 0 saturated carbocycles. The largest absolute Gasteiger partial charge is 0.399 e. The standard InChI is InChI=1S/C12H14F3N3O7/c13-12(14,15)3-7(20)25-17-6-1-2-18(11(23)16-6)10-9(22)8(21)5(4-19)24-10/h1-2,5,8-10,19,21-22H,3-4H2,(H,16,17,23)/t5-,8-,9-,10-/m1/s1. The zero-order valence-corrected chi connectivity index (χ0v) is 12.4. The lowest BCUT2D eigenvalue weighted by Crippen LogP contribution is -2.36. The second kappa shape index (κ2) is 7.35. The van der Waals surface area contributed by atoms with Crippen LogP contribution in [0, 0.1) is 0 Å². The van der Waals surface area contributed by atoms with Gasteiger partial charge in [0, 0.05) is 12.3 Å². The highest BCUT2D eigenvalue weighted by atomic mass is 19.4. The average molecular weight is 369 g/mol. The number of aliphatic hydroxyl groups is 3. The van der Waals surface area contributed by atoms with Gasteiger partial charge in [-0.25, -0.2) is 15.1 Å². The van der Waals surface area contributed by atoms with Gasteiger partial charge in [0.25, 0.3) is 0 Å². The summed E-state index contributed by atoms with van der Waals surface area (Å²) in [5.41, 5.74) is 0.791.